The van der Waals surface area contributed by atoms with Crippen LogP contribution in [-0.4, -0.2) is 26.4 Å². The lowest BCUT2D eigenvalue weighted by Crippen LogP contribution is -2.12. The summed E-state index contributed by atoms with van der Waals surface area (Å²) >= 11 is 0. The van der Waals surface area contributed by atoms with Crippen molar-refractivity contribution >= 4 is 55.7 Å². The summed E-state index contributed by atoms with van der Waals surface area (Å²) in [5.74, 6) is 4.91. The zero-order chi connectivity index (χ0) is 78.9. The summed E-state index contributed by atoms with van der Waals surface area (Å²) < 4.78 is 26.8. The van der Waals surface area contributed by atoms with Crippen LogP contribution in [0.25, 0.3) is 77.2 Å². The summed E-state index contributed by atoms with van der Waals surface area (Å²) in [5, 5.41) is 4.76. The Bertz CT molecular complexity index is 5260. The van der Waals surface area contributed by atoms with Gasteiger partial charge in [0.1, 0.15) is 23.0 Å². The molecular formula is C108H124N2O4. The molecule has 0 aromatic heterocycles. The zero-order valence-electron chi connectivity index (χ0n) is 70.3. The molecule has 0 bridgehead atoms. The number of hydrogen-bond acceptors (Lipinski definition) is 6. The predicted octanol–water partition coefficient (Wildman–Crippen LogP) is 31.4. The molecule has 2 heterocycles. The molecule has 0 fully saturated rings. The predicted molar refractivity (Wildman–Crippen MR) is 487 cm³/mol. The molecule has 0 spiro atoms. The van der Waals surface area contributed by atoms with E-state index in [2.05, 4.69) is 297 Å². The van der Waals surface area contributed by atoms with Crippen molar-refractivity contribution in [3.8, 4) is 78.6 Å². The number of rotatable bonds is 37. The highest BCUT2D eigenvalue weighted by Gasteiger charge is 2.28. The largest absolute Gasteiger partial charge is 0.493 e. The first kappa shape index (κ1) is 80.6. The number of fused-ring (bicyclic) bond motifs is 6. The third-order valence-corrected chi connectivity index (χ3v) is 24.6. The SMILES string of the molecule is CCCCCCCCOc1ccc(-c2ccc3c(c2)CCc2cc(-c4ccc(C)c(-c5cc(-c6ccc7c(c6)CCc6cc(C)ccc6N7c6ccc7cc(OCC(CC)CCCC)ccc7c6)ccc5OCCCCCCCC)c4)ccc2N3c2ccc3cc(OCC(CC)CCCC)ccc3c2)cc1-c1cc(C)ccc1C. The summed E-state index contributed by atoms with van der Waals surface area (Å²) in [6.45, 7) is 25.5. The van der Waals surface area contributed by atoms with Gasteiger partial charge in [-0.05, 0) is 312 Å². The lowest BCUT2D eigenvalue weighted by Gasteiger charge is -2.28. The van der Waals surface area contributed by atoms with Crippen LogP contribution in [0.4, 0.5) is 34.1 Å². The molecule has 2 atom stereocenters. The lowest BCUT2D eigenvalue weighted by atomic mass is 9.91. The number of unbranched alkanes of at least 4 members (excludes halogenated alkanes) is 12. The quantitative estimate of drug-likeness (QED) is 0.0362. The topological polar surface area (TPSA) is 43.4 Å². The van der Waals surface area contributed by atoms with Gasteiger partial charge in [-0.3, -0.25) is 0 Å². The molecular weight excluding hydrogens is 1390 g/mol. The Morgan fingerprint density at radius 3 is 1.07 bits per heavy atom. The van der Waals surface area contributed by atoms with Gasteiger partial charge in [-0.2, -0.15) is 0 Å². The lowest BCUT2D eigenvalue weighted by molar-refractivity contribution is 0.233. The van der Waals surface area contributed by atoms with E-state index in [4.69, 9.17) is 18.9 Å². The second kappa shape index (κ2) is 38.9. The van der Waals surface area contributed by atoms with Crippen molar-refractivity contribution in [1.29, 1.82) is 0 Å². The highest BCUT2D eigenvalue weighted by molar-refractivity contribution is 5.95. The van der Waals surface area contributed by atoms with Gasteiger partial charge in [-0.25, -0.2) is 0 Å². The molecule has 14 rings (SSSR count). The summed E-state index contributed by atoms with van der Waals surface area (Å²) in [6, 6.07) is 83.8. The second-order valence-corrected chi connectivity index (χ2v) is 33.2. The molecule has 0 aliphatic carbocycles. The van der Waals surface area contributed by atoms with E-state index in [1.165, 1.54) is 236 Å². The summed E-state index contributed by atoms with van der Waals surface area (Å²) in [4.78, 5) is 5.06. The first-order chi connectivity index (χ1) is 55.9. The van der Waals surface area contributed by atoms with E-state index < -0.39 is 0 Å². The molecule has 2 unspecified atom stereocenters. The van der Waals surface area contributed by atoms with E-state index in [0.29, 0.717) is 18.4 Å². The smallest absolute Gasteiger partial charge is 0.127 e. The van der Waals surface area contributed by atoms with Gasteiger partial charge in [-0.1, -0.05) is 252 Å². The van der Waals surface area contributed by atoms with Gasteiger partial charge in [0.15, 0.2) is 0 Å². The minimum Gasteiger partial charge on any atom is -0.493 e. The number of aryl methyl sites for hydroxylation is 8. The molecule has 6 nitrogen and oxygen atoms in total. The van der Waals surface area contributed by atoms with Gasteiger partial charge >= 0.3 is 0 Å². The van der Waals surface area contributed by atoms with Gasteiger partial charge in [0.05, 0.1) is 26.4 Å². The van der Waals surface area contributed by atoms with E-state index in [1.807, 2.05) is 0 Å². The van der Waals surface area contributed by atoms with Gasteiger partial charge in [-0.15, -0.1) is 0 Å². The van der Waals surface area contributed by atoms with Crippen LogP contribution in [0.1, 0.15) is 214 Å². The Morgan fingerprint density at radius 1 is 0.281 bits per heavy atom. The minimum atomic E-state index is 0.560. The molecule has 0 amide bonds. The summed E-state index contributed by atoms with van der Waals surface area (Å²) in [5.41, 5.74) is 29.4. The molecule has 12 aromatic rings. The van der Waals surface area contributed by atoms with Crippen LogP contribution < -0.4 is 28.7 Å². The first-order valence-electron chi connectivity index (χ1n) is 44.0. The average Bonchev–Trinajstić information content (AvgIpc) is 1.39. The van der Waals surface area contributed by atoms with Crippen molar-refractivity contribution < 1.29 is 18.9 Å². The number of ether oxygens (including phenoxy) is 4. The van der Waals surface area contributed by atoms with Crippen molar-refractivity contribution in [2.75, 3.05) is 36.2 Å². The minimum absolute atomic E-state index is 0.560. The van der Waals surface area contributed by atoms with E-state index >= 15 is 0 Å². The average molecular weight is 1510 g/mol. The third-order valence-electron chi connectivity index (χ3n) is 24.6. The molecule has 2 aliphatic rings. The van der Waals surface area contributed by atoms with Crippen LogP contribution in [-0.2, 0) is 25.7 Å². The van der Waals surface area contributed by atoms with Gasteiger partial charge in [0.25, 0.3) is 0 Å². The Balaban J connectivity index is 0.808. The molecule has 2 aliphatic heterocycles. The summed E-state index contributed by atoms with van der Waals surface area (Å²) in [7, 11) is 0. The molecule has 590 valence electrons. The van der Waals surface area contributed by atoms with Crippen molar-refractivity contribution in [2.24, 2.45) is 11.8 Å². The Labute approximate surface area is 683 Å². The fraction of sp³-hybridized carbons (Fsp3) is 0.370. The molecule has 6 heteroatoms. The number of anilines is 6. The molecule has 12 aromatic carbocycles. The van der Waals surface area contributed by atoms with Gasteiger partial charge < -0.3 is 28.7 Å². The van der Waals surface area contributed by atoms with Crippen molar-refractivity contribution in [3.05, 3.63) is 263 Å². The molecule has 0 saturated carbocycles. The maximum atomic E-state index is 7.00. The zero-order valence-corrected chi connectivity index (χ0v) is 70.3. The van der Waals surface area contributed by atoms with Crippen LogP contribution in [0, 0.1) is 39.5 Å². The van der Waals surface area contributed by atoms with Crippen LogP contribution >= 0.6 is 0 Å². The fourth-order valence-corrected chi connectivity index (χ4v) is 17.5. The molecule has 0 saturated heterocycles. The second-order valence-electron chi connectivity index (χ2n) is 33.2. The number of nitrogens with zero attached hydrogens (tertiary/aromatic N) is 2. The van der Waals surface area contributed by atoms with Crippen molar-refractivity contribution in [1.82, 2.24) is 0 Å². The van der Waals surface area contributed by atoms with E-state index in [-0.39, 0.29) is 0 Å². The van der Waals surface area contributed by atoms with E-state index in [0.717, 1.165) is 117 Å². The molecule has 114 heavy (non-hydrogen) atoms. The van der Waals surface area contributed by atoms with Crippen LogP contribution in [0.2, 0.25) is 0 Å². The Morgan fingerprint density at radius 2 is 0.623 bits per heavy atom. The van der Waals surface area contributed by atoms with E-state index in [9.17, 15) is 0 Å². The molecule has 0 radical (unpaired) electrons. The maximum Gasteiger partial charge on any atom is 0.127 e. The van der Waals surface area contributed by atoms with E-state index in [1.54, 1.807) is 0 Å². The van der Waals surface area contributed by atoms with Gasteiger partial charge in [0, 0.05) is 45.3 Å². The van der Waals surface area contributed by atoms with Crippen molar-refractivity contribution in [2.45, 2.75) is 223 Å². The maximum absolute atomic E-state index is 7.00. The van der Waals surface area contributed by atoms with Crippen LogP contribution in [0.5, 0.6) is 23.0 Å². The van der Waals surface area contributed by atoms with Crippen LogP contribution in [0.3, 0.4) is 0 Å². The Kier molecular flexibility index (Phi) is 27.5. The third kappa shape index (κ3) is 19.3. The van der Waals surface area contributed by atoms with Crippen molar-refractivity contribution in [3.63, 3.8) is 0 Å². The Hall–Kier alpha value is -10.0. The summed E-state index contributed by atoms with van der Waals surface area (Å²) in [6.07, 6.45) is 27.8. The normalized spacial score (nSPS) is 13.1. The molecule has 0 N–H and O–H groups in total. The van der Waals surface area contributed by atoms with Gasteiger partial charge in [0.2, 0.25) is 0 Å². The van der Waals surface area contributed by atoms with Crippen LogP contribution in [0.15, 0.2) is 218 Å². The number of benzene rings is 12. The number of hydrogen-bond donors (Lipinski definition) is 0. The standard InChI is InChI=1S/C108H124N2O4/c1-11-17-21-23-25-27-59-111-107-57-47-89(71-101(107)99-62-76(8)31-33-77(99)9)82-46-56-106-94(65-82)39-38-93-63-81(44-54-105(93)110(106)96-50-41-87-69-98(52-43-85(87)67-96)114-74-80(16-6)30-20-14-4)88-35-34-78(10)100(70-88)102-72-90(48-58-108(102)112-60-28-26-24-22-18-12-2)83-45-55-104-92(64-83)37-36-91-61-75(7)32-53-103(91)109(104)95-49-40-86-68-97(51-42-84(86)66-95)113-73-79(15-5)29-19-13-3/h31-35,40-58,61-72,79-80H,11-30,36-39,59-60,73-74H2,1-10H3. The monoisotopic (exact) mass is 1510 g/mol. The fourth-order valence-electron chi connectivity index (χ4n) is 17.5. The first-order valence-corrected chi connectivity index (χ1v) is 44.0. The highest BCUT2D eigenvalue weighted by Crippen LogP contribution is 2.49. The highest BCUT2D eigenvalue weighted by atomic mass is 16.5.